The van der Waals surface area contributed by atoms with Crippen molar-refractivity contribution in [1.29, 1.82) is 0 Å². The van der Waals surface area contributed by atoms with Gasteiger partial charge < -0.3 is 19.5 Å². The minimum atomic E-state index is -0.458. The molecule has 1 rings (SSSR count). The van der Waals surface area contributed by atoms with Gasteiger partial charge in [-0.3, -0.25) is 4.79 Å². The molecule has 0 aromatic carbocycles. The fraction of sp³-hybridized carbons (Fsp3) is 0.833. The number of esters is 1. The van der Waals surface area contributed by atoms with Gasteiger partial charge in [-0.05, 0) is 13.3 Å². The van der Waals surface area contributed by atoms with Crippen LogP contribution in [0.4, 0.5) is 0 Å². The molecule has 0 bridgehead atoms. The van der Waals surface area contributed by atoms with Gasteiger partial charge in [-0.2, -0.15) is 0 Å². The molecule has 18 heavy (non-hydrogen) atoms. The van der Waals surface area contributed by atoms with Crippen LogP contribution in [0, 0.1) is 0 Å². The first kappa shape index (κ1) is 14.9. The third-order valence-electron chi connectivity index (χ3n) is 2.80. The minimum absolute atomic E-state index is 0.0390. The van der Waals surface area contributed by atoms with Crippen LogP contribution in [0.15, 0.2) is 0 Å². The van der Waals surface area contributed by atoms with Crippen LogP contribution >= 0.6 is 0 Å². The second-order valence-corrected chi connectivity index (χ2v) is 4.32. The Morgan fingerprint density at radius 3 is 2.72 bits per heavy atom. The first-order valence-electron chi connectivity index (χ1n) is 6.20. The first-order valence-corrected chi connectivity index (χ1v) is 6.20. The van der Waals surface area contributed by atoms with Gasteiger partial charge in [0.25, 0.3) is 0 Å². The topological polar surface area (TPSA) is 73.9 Å². The average Bonchev–Trinajstić information content (AvgIpc) is 2.69. The van der Waals surface area contributed by atoms with E-state index in [0.29, 0.717) is 6.42 Å². The van der Waals surface area contributed by atoms with Crippen LogP contribution in [0.25, 0.3) is 0 Å². The van der Waals surface area contributed by atoms with Gasteiger partial charge in [0, 0.05) is 13.5 Å². The Hall–Kier alpha value is -1.14. The van der Waals surface area contributed by atoms with E-state index in [0.717, 1.165) is 6.42 Å². The van der Waals surface area contributed by atoms with Crippen molar-refractivity contribution < 1.29 is 23.8 Å². The summed E-state index contributed by atoms with van der Waals surface area (Å²) in [6.07, 6.45) is 1.38. The molecule has 0 aliphatic carbocycles. The maximum absolute atomic E-state index is 11.5. The fourth-order valence-electron chi connectivity index (χ4n) is 1.91. The molecule has 1 aliphatic rings. The van der Waals surface area contributed by atoms with Gasteiger partial charge in [0.2, 0.25) is 5.91 Å². The monoisotopic (exact) mass is 259 g/mol. The number of amides is 1. The van der Waals surface area contributed by atoms with E-state index in [-0.39, 0.29) is 37.4 Å². The van der Waals surface area contributed by atoms with Crippen LogP contribution in [0.5, 0.6) is 0 Å². The van der Waals surface area contributed by atoms with Gasteiger partial charge in [-0.25, -0.2) is 4.79 Å². The highest BCUT2D eigenvalue weighted by molar-refractivity contribution is 5.77. The van der Waals surface area contributed by atoms with Crippen molar-refractivity contribution in [2.75, 3.05) is 20.3 Å². The van der Waals surface area contributed by atoms with Gasteiger partial charge in [-0.15, -0.1) is 0 Å². The molecule has 0 aromatic rings. The van der Waals surface area contributed by atoms with Crippen molar-refractivity contribution >= 4 is 11.9 Å². The molecule has 0 spiro atoms. The molecule has 0 saturated carbocycles. The summed E-state index contributed by atoms with van der Waals surface area (Å²) >= 11 is 0. The van der Waals surface area contributed by atoms with Gasteiger partial charge in [0.15, 0.2) is 0 Å². The number of carbonyl (C=O) groups is 2. The van der Waals surface area contributed by atoms with Crippen molar-refractivity contribution in [2.45, 2.75) is 45.0 Å². The van der Waals surface area contributed by atoms with Crippen molar-refractivity contribution in [3.05, 3.63) is 0 Å². The van der Waals surface area contributed by atoms with E-state index < -0.39 is 5.97 Å². The molecule has 1 amide bonds. The zero-order chi connectivity index (χ0) is 13.5. The zero-order valence-electron chi connectivity index (χ0n) is 11.1. The lowest BCUT2D eigenvalue weighted by atomic mass is 10.1. The molecule has 6 nitrogen and oxygen atoms in total. The van der Waals surface area contributed by atoms with E-state index in [1.807, 2.05) is 13.8 Å². The third kappa shape index (κ3) is 4.62. The normalized spacial score (nSPS) is 26.9. The van der Waals surface area contributed by atoms with E-state index in [1.54, 1.807) is 0 Å². The molecule has 1 aliphatic heterocycles. The van der Waals surface area contributed by atoms with Gasteiger partial charge >= 0.3 is 5.97 Å². The summed E-state index contributed by atoms with van der Waals surface area (Å²) in [5, 5.41) is 2.40. The second kappa shape index (κ2) is 7.33. The number of ether oxygens (including phenoxy) is 3. The second-order valence-electron chi connectivity index (χ2n) is 4.32. The Labute approximate surface area is 107 Å². The molecular weight excluding hydrogens is 238 g/mol. The van der Waals surface area contributed by atoms with E-state index in [9.17, 15) is 9.59 Å². The summed E-state index contributed by atoms with van der Waals surface area (Å²) in [6.45, 7) is 3.60. The van der Waals surface area contributed by atoms with E-state index in [1.165, 1.54) is 7.05 Å². The number of rotatable bonds is 6. The summed E-state index contributed by atoms with van der Waals surface area (Å²) in [5.41, 5.74) is 0. The summed E-state index contributed by atoms with van der Waals surface area (Å²) in [6, 6.07) is 0. The molecular formula is C12H21NO5. The molecule has 0 radical (unpaired) electrons. The molecule has 1 heterocycles. The predicted molar refractivity (Wildman–Crippen MR) is 64.0 cm³/mol. The van der Waals surface area contributed by atoms with E-state index >= 15 is 0 Å². The van der Waals surface area contributed by atoms with Crippen molar-refractivity contribution in [3.63, 3.8) is 0 Å². The van der Waals surface area contributed by atoms with Crippen LogP contribution in [0.1, 0.15) is 26.7 Å². The van der Waals surface area contributed by atoms with Crippen molar-refractivity contribution in [3.8, 4) is 0 Å². The Morgan fingerprint density at radius 2 is 2.11 bits per heavy atom. The Morgan fingerprint density at radius 1 is 1.39 bits per heavy atom. The van der Waals surface area contributed by atoms with Gasteiger partial charge in [0.05, 0.1) is 12.2 Å². The highest BCUT2D eigenvalue weighted by Gasteiger charge is 2.34. The maximum atomic E-state index is 11.5. The van der Waals surface area contributed by atoms with Crippen LogP contribution in [-0.4, -0.2) is 50.4 Å². The van der Waals surface area contributed by atoms with Gasteiger partial charge in [0.1, 0.15) is 19.3 Å². The summed E-state index contributed by atoms with van der Waals surface area (Å²) in [4.78, 5) is 22.4. The quantitative estimate of drug-likeness (QED) is 0.692. The fourth-order valence-corrected chi connectivity index (χ4v) is 1.91. The summed E-state index contributed by atoms with van der Waals surface area (Å²) < 4.78 is 15.8. The number of hydrogen-bond donors (Lipinski definition) is 1. The van der Waals surface area contributed by atoms with Crippen LogP contribution in [0.3, 0.4) is 0 Å². The molecule has 0 aromatic heterocycles. The van der Waals surface area contributed by atoms with Crippen LogP contribution in [-0.2, 0) is 23.8 Å². The largest absolute Gasteiger partial charge is 0.458 e. The van der Waals surface area contributed by atoms with Crippen molar-refractivity contribution in [1.82, 2.24) is 5.32 Å². The average molecular weight is 259 g/mol. The summed E-state index contributed by atoms with van der Waals surface area (Å²) in [5.74, 6) is -0.730. The smallest absolute Gasteiger partial charge is 0.332 e. The third-order valence-corrected chi connectivity index (χ3v) is 2.80. The highest BCUT2D eigenvalue weighted by Crippen LogP contribution is 2.25. The molecule has 1 fully saturated rings. The van der Waals surface area contributed by atoms with Crippen LogP contribution in [0.2, 0.25) is 0 Å². The minimum Gasteiger partial charge on any atom is -0.458 e. The number of likely N-dealkylation sites (N-methyl/N-ethyl adjacent to an activating group) is 1. The lowest BCUT2D eigenvalue weighted by Crippen LogP contribution is -2.30. The standard InChI is InChI=1S/C12H21NO5/c1-4-9-10(5-8(2)17-9)18-12(15)7-16-6-11(14)13-3/h8-10H,4-7H2,1-3H3,(H,13,14). The summed E-state index contributed by atoms with van der Waals surface area (Å²) in [7, 11) is 1.51. The molecule has 6 heteroatoms. The maximum Gasteiger partial charge on any atom is 0.332 e. The molecule has 1 saturated heterocycles. The lowest BCUT2D eigenvalue weighted by molar-refractivity contribution is -0.157. The van der Waals surface area contributed by atoms with Gasteiger partial charge in [-0.1, -0.05) is 6.92 Å². The lowest BCUT2D eigenvalue weighted by Gasteiger charge is -2.17. The Balaban J connectivity index is 2.25. The van der Waals surface area contributed by atoms with E-state index in [2.05, 4.69) is 5.32 Å². The predicted octanol–water partition coefficient (Wildman–Crippen LogP) is 0.248. The Kier molecular flexibility index (Phi) is 6.07. The molecule has 3 unspecified atom stereocenters. The molecule has 104 valence electrons. The highest BCUT2D eigenvalue weighted by atomic mass is 16.6. The Bertz CT molecular complexity index is 294. The number of nitrogens with one attached hydrogen (secondary N) is 1. The molecule has 3 atom stereocenters. The van der Waals surface area contributed by atoms with Crippen LogP contribution < -0.4 is 5.32 Å². The van der Waals surface area contributed by atoms with E-state index in [4.69, 9.17) is 14.2 Å². The zero-order valence-corrected chi connectivity index (χ0v) is 11.1. The number of carbonyl (C=O) groups excluding carboxylic acids is 2. The number of hydrogen-bond acceptors (Lipinski definition) is 5. The first-order chi connectivity index (χ1) is 8.56. The molecule has 1 N–H and O–H groups in total. The SMILES string of the molecule is CCC1OC(C)CC1OC(=O)COCC(=O)NC. The van der Waals surface area contributed by atoms with Crippen molar-refractivity contribution in [2.24, 2.45) is 0 Å².